The first-order valence-electron chi connectivity index (χ1n) is 9.01. The van der Waals surface area contributed by atoms with Crippen LogP contribution < -0.4 is 4.90 Å². The third kappa shape index (κ3) is 5.00. The maximum Gasteiger partial charge on any atom is 0.490 e. The summed E-state index contributed by atoms with van der Waals surface area (Å²) in [5.41, 5.74) is 1.22. The molecule has 10 heteroatoms. The van der Waals surface area contributed by atoms with Gasteiger partial charge in [-0.1, -0.05) is 12.1 Å². The fourth-order valence-electron chi connectivity index (χ4n) is 3.68. The number of aromatic nitrogens is 2. The third-order valence-corrected chi connectivity index (χ3v) is 5.12. The van der Waals surface area contributed by atoms with Crippen LogP contribution >= 0.6 is 0 Å². The molecule has 2 saturated heterocycles. The molecular weight excluding hydrogens is 392 g/mol. The lowest BCUT2D eigenvalue weighted by Gasteiger charge is -2.50. The van der Waals surface area contributed by atoms with E-state index in [0.29, 0.717) is 0 Å². The van der Waals surface area contributed by atoms with Crippen molar-refractivity contribution in [2.75, 3.05) is 24.5 Å². The Morgan fingerprint density at radius 2 is 1.79 bits per heavy atom. The number of halogens is 4. The van der Waals surface area contributed by atoms with E-state index < -0.39 is 12.1 Å². The van der Waals surface area contributed by atoms with E-state index in [4.69, 9.17) is 9.90 Å². The predicted molar refractivity (Wildman–Crippen MR) is 96.7 cm³/mol. The zero-order valence-electron chi connectivity index (χ0n) is 15.4. The fraction of sp³-hybridized carbons (Fsp3) is 0.421. The molecule has 0 saturated carbocycles. The second kappa shape index (κ2) is 8.32. The van der Waals surface area contributed by atoms with Crippen molar-refractivity contribution in [1.29, 1.82) is 0 Å². The Labute approximate surface area is 164 Å². The Morgan fingerprint density at radius 1 is 1.14 bits per heavy atom. The van der Waals surface area contributed by atoms with Crippen molar-refractivity contribution in [2.24, 2.45) is 0 Å². The van der Waals surface area contributed by atoms with Crippen molar-refractivity contribution < 1.29 is 27.5 Å². The lowest BCUT2D eigenvalue weighted by Crippen LogP contribution is -2.62. The molecule has 0 radical (unpaired) electrons. The molecule has 156 valence electrons. The highest BCUT2D eigenvalue weighted by Gasteiger charge is 2.50. The molecule has 1 N–H and O–H groups in total. The van der Waals surface area contributed by atoms with E-state index in [2.05, 4.69) is 19.8 Å². The molecule has 2 aliphatic rings. The average Bonchev–Trinajstić information content (AvgIpc) is 3.08. The maximum atomic E-state index is 13.3. The number of carbonyl (C=O) groups is 1. The summed E-state index contributed by atoms with van der Waals surface area (Å²) in [7, 11) is 0. The van der Waals surface area contributed by atoms with E-state index in [1.807, 2.05) is 12.1 Å². The minimum atomic E-state index is -5.08. The molecule has 0 bridgehead atoms. The quantitative estimate of drug-likeness (QED) is 0.782. The standard InChI is InChI=1S/C17H19FN4.C2HF3O2/c18-15-4-1-3-14(11-15)12-21-9-5-17(13-21)6-10-22(17)16-19-7-2-8-20-16;3-2(4,5)1(6)7/h1-4,7-8,11H,5-6,9-10,12-13H2;(H,6,7). The van der Waals surface area contributed by atoms with Crippen LogP contribution in [0.25, 0.3) is 0 Å². The first-order chi connectivity index (χ1) is 13.7. The Bertz CT molecular complexity index is 850. The number of rotatable bonds is 3. The minimum absolute atomic E-state index is 0.158. The molecule has 1 unspecified atom stereocenters. The van der Waals surface area contributed by atoms with Crippen LogP contribution in [-0.2, 0) is 11.3 Å². The van der Waals surface area contributed by atoms with Crippen LogP contribution in [0.2, 0.25) is 0 Å². The number of nitrogens with zero attached hydrogens (tertiary/aromatic N) is 4. The summed E-state index contributed by atoms with van der Waals surface area (Å²) in [6, 6.07) is 8.75. The Morgan fingerprint density at radius 3 is 2.34 bits per heavy atom. The van der Waals surface area contributed by atoms with Gasteiger partial charge in [-0.3, -0.25) is 4.90 Å². The van der Waals surface area contributed by atoms with Crippen molar-refractivity contribution in [1.82, 2.24) is 14.9 Å². The van der Waals surface area contributed by atoms with Gasteiger partial charge < -0.3 is 10.0 Å². The molecule has 2 fully saturated rings. The highest BCUT2D eigenvalue weighted by Crippen LogP contribution is 2.41. The zero-order chi connectivity index (χ0) is 21.1. The number of alkyl halides is 3. The van der Waals surface area contributed by atoms with E-state index in [-0.39, 0.29) is 11.4 Å². The van der Waals surface area contributed by atoms with Gasteiger partial charge >= 0.3 is 12.1 Å². The average molecular weight is 412 g/mol. The van der Waals surface area contributed by atoms with E-state index >= 15 is 0 Å². The van der Waals surface area contributed by atoms with E-state index in [1.165, 1.54) is 12.5 Å². The van der Waals surface area contributed by atoms with Gasteiger partial charge in [-0.05, 0) is 36.6 Å². The number of benzene rings is 1. The van der Waals surface area contributed by atoms with Gasteiger partial charge in [-0.15, -0.1) is 0 Å². The smallest absolute Gasteiger partial charge is 0.475 e. The van der Waals surface area contributed by atoms with E-state index in [1.54, 1.807) is 24.5 Å². The molecule has 6 nitrogen and oxygen atoms in total. The zero-order valence-corrected chi connectivity index (χ0v) is 15.4. The van der Waals surface area contributed by atoms with Crippen LogP contribution in [0.4, 0.5) is 23.5 Å². The van der Waals surface area contributed by atoms with Crippen LogP contribution in [0.15, 0.2) is 42.7 Å². The van der Waals surface area contributed by atoms with Gasteiger partial charge in [0, 0.05) is 38.6 Å². The van der Waals surface area contributed by atoms with Crippen molar-refractivity contribution >= 4 is 11.9 Å². The molecule has 29 heavy (non-hydrogen) atoms. The molecule has 1 aromatic carbocycles. The van der Waals surface area contributed by atoms with Gasteiger partial charge in [0.1, 0.15) is 5.82 Å². The number of hydrogen-bond acceptors (Lipinski definition) is 5. The number of aliphatic carboxylic acids is 1. The van der Waals surface area contributed by atoms with Crippen molar-refractivity contribution in [3.63, 3.8) is 0 Å². The van der Waals surface area contributed by atoms with Gasteiger partial charge in [0.05, 0.1) is 5.54 Å². The van der Waals surface area contributed by atoms with Crippen LogP contribution in [0.5, 0.6) is 0 Å². The molecule has 1 atom stereocenters. The molecule has 3 heterocycles. The SMILES string of the molecule is Fc1cccc(CN2CCC3(CCN3c3ncccn3)C2)c1.O=C(O)C(F)(F)F. The lowest BCUT2D eigenvalue weighted by atomic mass is 9.84. The monoisotopic (exact) mass is 412 g/mol. The topological polar surface area (TPSA) is 69.6 Å². The first-order valence-corrected chi connectivity index (χ1v) is 9.01. The van der Waals surface area contributed by atoms with Gasteiger partial charge in [0.15, 0.2) is 0 Å². The van der Waals surface area contributed by atoms with E-state index in [9.17, 15) is 17.6 Å². The van der Waals surface area contributed by atoms with Crippen molar-refractivity contribution in [3.8, 4) is 0 Å². The Hall–Kier alpha value is -2.75. The summed E-state index contributed by atoms with van der Waals surface area (Å²) in [5, 5.41) is 7.12. The molecule has 0 aliphatic carbocycles. The molecular formula is C19H20F4N4O2. The fourth-order valence-corrected chi connectivity index (χ4v) is 3.68. The Balaban J connectivity index is 0.000000298. The second-order valence-corrected chi connectivity index (χ2v) is 7.07. The minimum Gasteiger partial charge on any atom is -0.475 e. The molecule has 2 aromatic rings. The molecule has 1 spiro atoms. The summed E-state index contributed by atoms with van der Waals surface area (Å²) >= 11 is 0. The summed E-state index contributed by atoms with van der Waals surface area (Å²) in [5.74, 6) is -2.08. The molecule has 0 amide bonds. The van der Waals surface area contributed by atoms with Gasteiger partial charge in [0.2, 0.25) is 5.95 Å². The summed E-state index contributed by atoms with van der Waals surface area (Å²) in [4.78, 5) is 22.4. The first kappa shape index (κ1) is 21.0. The number of likely N-dealkylation sites (tertiary alicyclic amines) is 1. The Kier molecular flexibility index (Phi) is 6.02. The second-order valence-electron chi connectivity index (χ2n) is 7.07. The third-order valence-electron chi connectivity index (χ3n) is 5.12. The summed E-state index contributed by atoms with van der Waals surface area (Å²) in [6.45, 7) is 3.88. The van der Waals surface area contributed by atoms with Crippen molar-refractivity contribution in [2.45, 2.75) is 31.1 Å². The van der Waals surface area contributed by atoms with Crippen LogP contribution in [0, 0.1) is 5.82 Å². The normalized spacial score (nSPS) is 21.4. The summed E-state index contributed by atoms with van der Waals surface area (Å²) in [6.07, 6.45) is 0.827. The molecule has 4 rings (SSSR count). The number of hydrogen-bond donors (Lipinski definition) is 1. The van der Waals surface area contributed by atoms with Gasteiger partial charge in [-0.25, -0.2) is 19.2 Å². The maximum absolute atomic E-state index is 13.3. The van der Waals surface area contributed by atoms with Gasteiger partial charge in [0.25, 0.3) is 0 Å². The number of carboxylic acids is 1. The van der Waals surface area contributed by atoms with Crippen LogP contribution in [0.1, 0.15) is 18.4 Å². The molecule has 2 aliphatic heterocycles. The highest BCUT2D eigenvalue weighted by atomic mass is 19.4. The number of anilines is 1. The van der Waals surface area contributed by atoms with Crippen molar-refractivity contribution in [3.05, 3.63) is 54.1 Å². The predicted octanol–water partition coefficient (Wildman–Crippen LogP) is 3.10. The van der Waals surface area contributed by atoms with E-state index in [0.717, 1.165) is 44.1 Å². The number of carboxylic acid groups (broad SMARTS) is 1. The largest absolute Gasteiger partial charge is 0.490 e. The van der Waals surface area contributed by atoms with Gasteiger partial charge in [-0.2, -0.15) is 13.2 Å². The lowest BCUT2D eigenvalue weighted by molar-refractivity contribution is -0.192. The van der Waals surface area contributed by atoms with Crippen LogP contribution in [-0.4, -0.2) is 57.3 Å². The highest BCUT2D eigenvalue weighted by molar-refractivity contribution is 5.73. The molecule has 1 aromatic heterocycles. The van der Waals surface area contributed by atoms with Crippen LogP contribution in [0.3, 0.4) is 0 Å². The summed E-state index contributed by atoms with van der Waals surface area (Å²) < 4.78 is 45.0.